The Morgan fingerprint density at radius 3 is 2.97 bits per heavy atom. The molecule has 0 aliphatic rings. The number of carbonyl (C=O) groups is 1. The van der Waals surface area contributed by atoms with E-state index in [9.17, 15) is 4.79 Å². The molecule has 0 radical (unpaired) electrons. The van der Waals surface area contributed by atoms with Crippen molar-refractivity contribution < 1.29 is 18.8 Å². The molecule has 4 rings (SSSR count). The van der Waals surface area contributed by atoms with Crippen LogP contribution in [-0.2, 0) is 4.74 Å². The molecule has 4 aromatic rings. The van der Waals surface area contributed by atoms with E-state index in [2.05, 4.69) is 24.6 Å². The Labute approximate surface area is 178 Å². The second-order valence-corrected chi connectivity index (χ2v) is 7.01. The van der Waals surface area contributed by atoms with Crippen LogP contribution < -0.4 is 10.5 Å². The molecule has 0 spiro atoms. The molecule has 0 unspecified atom stereocenters. The number of benzene rings is 1. The van der Waals surface area contributed by atoms with Crippen LogP contribution in [0.2, 0.25) is 0 Å². The van der Waals surface area contributed by atoms with Gasteiger partial charge in [0.1, 0.15) is 17.8 Å². The van der Waals surface area contributed by atoms with Crippen molar-refractivity contribution in [3.63, 3.8) is 0 Å². The highest BCUT2D eigenvalue weighted by molar-refractivity contribution is 5.93. The highest BCUT2D eigenvalue weighted by Crippen LogP contribution is 2.30. The van der Waals surface area contributed by atoms with Gasteiger partial charge in [0, 0.05) is 24.5 Å². The Bertz CT molecular complexity index is 1160. The van der Waals surface area contributed by atoms with Gasteiger partial charge in [0.25, 0.3) is 0 Å². The molecule has 0 saturated carbocycles. The number of aromatic amines is 1. The first-order valence-corrected chi connectivity index (χ1v) is 9.91. The predicted molar refractivity (Wildman–Crippen MR) is 114 cm³/mol. The Kier molecular flexibility index (Phi) is 6.34. The molecule has 1 atom stereocenters. The van der Waals surface area contributed by atoms with Gasteiger partial charge in [0.15, 0.2) is 5.78 Å². The number of imidazole rings is 1. The van der Waals surface area contributed by atoms with Crippen molar-refractivity contribution in [2.75, 3.05) is 20.3 Å². The molecule has 0 amide bonds. The number of nitrogens with zero attached hydrogens (tertiary/aromatic N) is 3. The molecule has 0 aliphatic heterocycles. The SMILES string of the molecule is COc1nc2ccccc2cc1-c1cnc([C@@H](N)COCCCC(=O)c2ccon2)[nH]1. The van der Waals surface area contributed by atoms with Crippen molar-refractivity contribution >= 4 is 16.7 Å². The molecule has 3 heterocycles. The summed E-state index contributed by atoms with van der Waals surface area (Å²) in [6.07, 6.45) is 3.99. The second-order valence-electron chi connectivity index (χ2n) is 7.01. The molecule has 31 heavy (non-hydrogen) atoms. The van der Waals surface area contributed by atoms with Gasteiger partial charge in [0.05, 0.1) is 42.7 Å². The predicted octanol–water partition coefficient (Wildman–Crippen LogP) is 3.30. The molecule has 0 fully saturated rings. The number of hydrogen-bond acceptors (Lipinski definition) is 8. The van der Waals surface area contributed by atoms with Crippen molar-refractivity contribution in [2.24, 2.45) is 5.73 Å². The zero-order valence-corrected chi connectivity index (χ0v) is 17.1. The molecule has 3 aromatic heterocycles. The summed E-state index contributed by atoms with van der Waals surface area (Å²) in [5.74, 6) is 1.04. The standard InChI is InChI=1S/C22H23N5O4/c1-29-22-15(11-14-5-2-3-6-17(14)26-22)19-12-24-21(25-19)16(23)13-30-9-4-7-20(28)18-8-10-31-27-18/h2-3,5-6,8,10-12,16H,4,7,9,13,23H2,1H3,(H,24,25)/t16-/m0/s1. The van der Waals surface area contributed by atoms with Crippen LogP contribution in [0.15, 0.2) is 53.4 Å². The number of para-hydroxylation sites is 1. The Balaban J connectivity index is 1.34. The van der Waals surface area contributed by atoms with Crippen molar-refractivity contribution in [1.29, 1.82) is 0 Å². The number of ether oxygens (including phenoxy) is 2. The molecule has 1 aromatic carbocycles. The number of pyridine rings is 1. The van der Waals surface area contributed by atoms with Crippen LogP contribution in [0.5, 0.6) is 5.88 Å². The lowest BCUT2D eigenvalue weighted by Crippen LogP contribution is -2.19. The zero-order valence-electron chi connectivity index (χ0n) is 17.1. The number of ketones is 1. The average molecular weight is 421 g/mol. The van der Waals surface area contributed by atoms with Crippen LogP contribution in [0.3, 0.4) is 0 Å². The highest BCUT2D eigenvalue weighted by Gasteiger charge is 2.16. The third-order valence-corrected chi connectivity index (χ3v) is 4.83. The smallest absolute Gasteiger partial charge is 0.223 e. The summed E-state index contributed by atoms with van der Waals surface area (Å²) >= 11 is 0. The van der Waals surface area contributed by atoms with E-state index in [-0.39, 0.29) is 12.4 Å². The van der Waals surface area contributed by atoms with Gasteiger partial charge in [-0.2, -0.15) is 0 Å². The lowest BCUT2D eigenvalue weighted by atomic mass is 10.1. The number of methoxy groups -OCH3 is 1. The van der Waals surface area contributed by atoms with E-state index in [0.717, 1.165) is 22.2 Å². The molecule has 3 N–H and O–H groups in total. The van der Waals surface area contributed by atoms with Crippen molar-refractivity contribution in [3.8, 4) is 17.1 Å². The number of nitrogens with two attached hydrogens (primary N) is 1. The number of nitrogens with one attached hydrogen (secondary N) is 1. The minimum atomic E-state index is -0.431. The lowest BCUT2D eigenvalue weighted by Gasteiger charge is -2.10. The summed E-state index contributed by atoms with van der Waals surface area (Å²) in [5.41, 5.74) is 8.97. The third kappa shape index (κ3) is 4.79. The number of fused-ring (bicyclic) bond motifs is 1. The van der Waals surface area contributed by atoms with Gasteiger partial charge in [0.2, 0.25) is 5.88 Å². The van der Waals surface area contributed by atoms with E-state index in [1.165, 1.54) is 6.26 Å². The molecular weight excluding hydrogens is 398 g/mol. The van der Waals surface area contributed by atoms with E-state index in [1.54, 1.807) is 19.4 Å². The summed E-state index contributed by atoms with van der Waals surface area (Å²) in [7, 11) is 1.59. The molecule has 9 nitrogen and oxygen atoms in total. The first-order chi connectivity index (χ1) is 15.2. The zero-order chi connectivity index (χ0) is 21.6. The Morgan fingerprint density at radius 2 is 2.16 bits per heavy atom. The molecule has 0 aliphatic carbocycles. The summed E-state index contributed by atoms with van der Waals surface area (Å²) in [5, 5.41) is 4.63. The first kappa shape index (κ1) is 20.7. The molecular formula is C22H23N5O4. The van der Waals surface area contributed by atoms with Gasteiger partial charge < -0.3 is 24.7 Å². The Morgan fingerprint density at radius 1 is 1.29 bits per heavy atom. The fraction of sp³-hybridized carbons (Fsp3) is 0.273. The van der Waals surface area contributed by atoms with E-state index < -0.39 is 6.04 Å². The minimum Gasteiger partial charge on any atom is -0.480 e. The summed E-state index contributed by atoms with van der Waals surface area (Å²) in [6, 6.07) is 11.0. The number of Topliss-reactive ketones (excluding diaryl/α,β-unsaturated/α-hetero) is 1. The number of hydrogen-bond donors (Lipinski definition) is 2. The fourth-order valence-electron chi connectivity index (χ4n) is 3.22. The molecule has 9 heteroatoms. The van der Waals surface area contributed by atoms with E-state index >= 15 is 0 Å². The van der Waals surface area contributed by atoms with E-state index in [0.29, 0.717) is 36.8 Å². The van der Waals surface area contributed by atoms with Crippen LogP contribution in [-0.4, -0.2) is 46.2 Å². The third-order valence-electron chi connectivity index (χ3n) is 4.83. The largest absolute Gasteiger partial charge is 0.480 e. The van der Waals surface area contributed by atoms with Crippen LogP contribution in [0, 0.1) is 0 Å². The second kappa shape index (κ2) is 9.50. The number of rotatable bonds is 10. The van der Waals surface area contributed by atoms with Gasteiger partial charge in [-0.15, -0.1) is 0 Å². The number of aromatic nitrogens is 4. The lowest BCUT2D eigenvalue weighted by molar-refractivity contribution is 0.0911. The number of carbonyl (C=O) groups excluding carboxylic acids is 1. The molecule has 0 saturated heterocycles. The van der Waals surface area contributed by atoms with E-state index in [4.69, 9.17) is 15.2 Å². The van der Waals surface area contributed by atoms with Gasteiger partial charge in [-0.3, -0.25) is 4.79 Å². The Hall–Kier alpha value is -3.56. The van der Waals surface area contributed by atoms with Crippen LogP contribution >= 0.6 is 0 Å². The maximum absolute atomic E-state index is 11.9. The maximum Gasteiger partial charge on any atom is 0.223 e. The summed E-state index contributed by atoms with van der Waals surface area (Å²) in [6.45, 7) is 0.686. The first-order valence-electron chi connectivity index (χ1n) is 9.91. The quantitative estimate of drug-likeness (QED) is 0.295. The van der Waals surface area contributed by atoms with Gasteiger partial charge in [-0.25, -0.2) is 9.97 Å². The van der Waals surface area contributed by atoms with E-state index in [1.807, 2.05) is 30.3 Å². The minimum absolute atomic E-state index is 0.0738. The van der Waals surface area contributed by atoms with Gasteiger partial charge >= 0.3 is 0 Å². The topological polar surface area (TPSA) is 129 Å². The highest BCUT2D eigenvalue weighted by atomic mass is 16.5. The fourth-order valence-corrected chi connectivity index (χ4v) is 3.22. The van der Waals surface area contributed by atoms with Gasteiger partial charge in [-0.05, 0) is 18.6 Å². The molecule has 160 valence electrons. The van der Waals surface area contributed by atoms with Crippen LogP contribution in [0.25, 0.3) is 22.2 Å². The van der Waals surface area contributed by atoms with Crippen molar-refractivity contribution in [2.45, 2.75) is 18.9 Å². The van der Waals surface area contributed by atoms with Crippen molar-refractivity contribution in [1.82, 2.24) is 20.1 Å². The summed E-state index contributed by atoms with van der Waals surface area (Å²) in [4.78, 5) is 24.1. The van der Waals surface area contributed by atoms with Crippen molar-refractivity contribution in [3.05, 3.63) is 60.4 Å². The van der Waals surface area contributed by atoms with Gasteiger partial charge in [-0.1, -0.05) is 23.4 Å². The molecule has 0 bridgehead atoms. The normalized spacial score (nSPS) is 12.2. The van der Waals surface area contributed by atoms with Crippen LogP contribution in [0.1, 0.15) is 35.2 Å². The van der Waals surface area contributed by atoms with Crippen LogP contribution in [0.4, 0.5) is 0 Å². The average Bonchev–Trinajstić information content (AvgIpc) is 3.50. The maximum atomic E-state index is 11.9. The summed E-state index contributed by atoms with van der Waals surface area (Å²) < 4.78 is 15.8. The number of H-pyrrole nitrogens is 1. The monoisotopic (exact) mass is 421 g/mol.